The molecule has 5 nitrogen and oxygen atoms in total. The molecule has 0 unspecified atom stereocenters. The monoisotopic (exact) mass is 333 g/mol. The van der Waals surface area contributed by atoms with Crippen molar-refractivity contribution in [2.24, 2.45) is 0 Å². The molecule has 0 bridgehead atoms. The third-order valence-electron chi connectivity index (χ3n) is 3.13. The summed E-state index contributed by atoms with van der Waals surface area (Å²) < 4.78 is 37.3. The zero-order valence-electron chi connectivity index (χ0n) is 12.5. The first kappa shape index (κ1) is 19.0. The molecule has 23 heavy (non-hydrogen) atoms. The minimum Gasteiger partial charge on any atom is -0.475 e. The predicted molar refractivity (Wildman–Crippen MR) is 75.7 cm³/mol. The highest BCUT2D eigenvalue weighted by molar-refractivity contribution is 5.73. The molecule has 0 spiro atoms. The SMILES string of the molecule is CCCC(=O)OC1(c2ccccc2)CNC1.O=C(O)C(F)(F)F. The Morgan fingerprint density at radius 2 is 1.78 bits per heavy atom. The fourth-order valence-corrected chi connectivity index (χ4v) is 1.90. The van der Waals surface area contributed by atoms with E-state index in [-0.39, 0.29) is 5.97 Å². The third-order valence-corrected chi connectivity index (χ3v) is 3.13. The van der Waals surface area contributed by atoms with Crippen molar-refractivity contribution in [2.45, 2.75) is 31.5 Å². The van der Waals surface area contributed by atoms with Crippen molar-refractivity contribution in [3.8, 4) is 0 Å². The highest BCUT2D eigenvalue weighted by atomic mass is 19.4. The topological polar surface area (TPSA) is 75.6 Å². The molecule has 1 heterocycles. The minimum atomic E-state index is -5.08. The Kier molecular flexibility index (Phi) is 6.56. The molecule has 0 saturated carbocycles. The summed E-state index contributed by atoms with van der Waals surface area (Å²) in [6.45, 7) is 3.41. The highest BCUT2D eigenvalue weighted by Crippen LogP contribution is 2.30. The molecule has 0 aliphatic carbocycles. The molecule has 1 fully saturated rings. The van der Waals surface area contributed by atoms with E-state index in [1.54, 1.807) is 0 Å². The quantitative estimate of drug-likeness (QED) is 0.828. The van der Waals surface area contributed by atoms with Crippen LogP contribution in [0.3, 0.4) is 0 Å². The van der Waals surface area contributed by atoms with Crippen molar-refractivity contribution in [3.05, 3.63) is 35.9 Å². The van der Waals surface area contributed by atoms with Gasteiger partial charge in [0.2, 0.25) is 0 Å². The number of ether oxygens (including phenoxy) is 1. The van der Waals surface area contributed by atoms with Gasteiger partial charge in [0.25, 0.3) is 0 Å². The van der Waals surface area contributed by atoms with Gasteiger partial charge in [-0.15, -0.1) is 0 Å². The van der Waals surface area contributed by atoms with E-state index in [1.165, 1.54) is 0 Å². The van der Waals surface area contributed by atoms with Crippen LogP contribution in [0.25, 0.3) is 0 Å². The maximum atomic E-state index is 11.6. The average Bonchev–Trinajstić information content (AvgIpc) is 2.44. The van der Waals surface area contributed by atoms with Gasteiger partial charge >= 0.3 is 18.1 Å². The number of hydrogen-bond donors (Lipinski definition) is 2. The lowest BCUT2D eigenvalue weighted by molar-refractivity contribution is -0.192. The molecule has 128 valence electrons. The maximum Gasteiger partial charge on any atom is 0.490 e. The number of carbonyl (C=O) groups excluding carboxylic acids is 1. The Morgan fingerprint density at radius 3 is 2.13 bits per heavy atom. The lowest BCUT2D eigenvalue weighted by Gasteiger charge is -2.42. The molecule has 2 rings (SSSR count). The van der Waals surface area contributed by atoms with Crippen LogP contribution in [0.5, 0.6) is 0 Å². The molecule has 1 aromatic carbocycles. The summed E-state index contributed by atoms with van der Waals surface area (Å²) in [6.07, 6.45) is -3.76. The van der Waals surface area contributed by atoms with Crippen molar-refractivity contribution >= 4 is 11.9 Å². The van der Waals surface area contributed by atoms with Crippen LogP contribution in [-0.2, 0) is 19.9 Å². The van der Waals surface area contributed by atoms with Gasteiger partial charge in [-0.25, -0.2) is 4.79 Å². The number of carbonyl (C=O) groups is 2. The Morgan fingerprint density at radius 1 is 1.26 bits per heavy atom. The van der Waals surface area contributed by atoms with Crippen molar-refractivity contribution in [1.29, 1.82) is 0 Å². The number of halogens is 3. The Labute approximate surface area is 131 Å². The van der Waals surface area contributed by atoms with Crippen molar-refractivity contribution in [3.63, 3.8) is 0 Å². The molecular formula is C15H18F3NO4. The van der Waals surface area contributed by atoms with Crippen LogP contribution in [-0.4, -0.2) is 36.3 Å². The Bertz CT molecular complexity index is 527. The van der Waals surface area contributed by atoms with E-state index in [9.17, 15) is 18.0 Å². The van der Waals surface area contributed by atoms with Gasteiger partial charge in [-0.2, -0.15) is 13.2 Å². The Balaban J connectivity index is 0.000000322. The molecule has 1 aliphatic heterocycles. The van der Waals surface area contributed by atoms with Crippen LogP contribution in [0.1, 0.15) is 25.3 Å². The second-order valence-corrected chi connectivity index (χ2v) is 4.99. The number of alkyl halides is 3. The zero-order valence-corrected chi connectivity index (χ0v) is 12.5. The molecule has 0 radical (unpaired) electrons. The number of carboxylic acids is 1. The van der Waals surface area contributed by atoms with E-state index in [2.05, 4.69) is 5.32 Å². The zero-order chi connectivity index (χ0) is 17.5. The molecule has 0 atom stereocenters. The Hall–Kier alpha value is -2.09. The molecule has 0 amide bonds. The normalized spacial score (nSPS) is 15.7. The van der Waals surface area contributed by atoms with Gasteiger partial charge < -0.3 is 15.2 Å². The number of carboxylic acid groups (broad SMARTS) is 1. The number of hydrogen-bond acceptors (Lipinski definition) is 4. The van der Waals surface area contributed by atoms with Gasteiger partial charge in [-0.3, -0.25) is 4.79 Å². The van der Waals surface area contributed by atoms with E-state index >= 15 is 0 Å². The van der Waals surface area contributed by atoms with Gasteiger partial charge in [-0.1, -0.05) is 37.3 Å². The second kappa shape index (κ2) is 7.96. The van der Waals surface area contributed by atoms with Crippen LogP contribution in [0.2, 0.25) is 0 Å². The predicted octanol–water partition coefficient (Wildman–Crippen LogP) is 2.46. The summed E-state index contributed by atoms with van der Waals surface area (Å²) in [5, 5.41) is 10.3. The smallest absolute Gasteiger partial charge is 0.475 e. The lowest BCUT2D eigenvalue weighted by atomic mass is 9.88. The van der Waals surface area contributed by atoms with Crippen LogP contribution in [0, 0.1) is 0 Å². The fourth-order valence-electron chi connectivity index (χ4n) is 1.90. The molecule has 8 heteroatoms. The summed E-state index contributed by atoms with van der Waals surface area (Å²) in [5.41, 5.74) is 0.659. The molecule has 1 aromatic rings. The summed E-state index contributed by atoms with van der Waals surface area (Å²) >= 11 is 0. The first-order chi connectivity index (χ1) is 10.7. The minimum absolute atomic E-state index is 0.104. The van der Waals surface area contributed by atoms with E-state index in [1.807, 2.05) is 37.3 Å². The number of benzene rings is 1. The van der Waals surface area contributed by atoms with Crippen LogP contribution in [0.15, 0.2) is 30.3 Å². The summed E-state index contributed by atoms with van der Waals surface area (Å²) in [5.74, 6) is -2.86. The van der Waals surface area contributed by atoms with Crippen LogP contribution in [0.4, 0.5) is 13.2 Å². The third kappa shape index (κ3) is 5.55. The summed E-state index contributed by atoms with van der Waals surface area (Å²) in [6, 6.07) is 9.95. The number of esters is 1. The second-order valence-electron chi connectivity index (χ2n) is 4.99. The highest BCUT2D eigenvalue weighted by Gasteiger charge is 2.42. The van der Waals surface area contributed by atoms with E-state index < -0.39 is 17.7 Å². The lowest BCUT2D eigenvalue weighted by Crippen LogP contribution is -2.59. The van der Waals surface area contributed by atoms with Gasteiger partial charge in [-0.05, 0) is 12.0 Å². The van der Waals surface area contributed by atoms with Gasteiger partial charge in [0.05, 0.1) is 0 Å². The average molecular weight is 333 g/mol. The van der Waals surface area contributed by atoms with E-state index in [0.29, 0.717) is 19.5 Å². The van der Waals surface area contributed by atoms with E-state index in [4.69, 9.17) is 14.6 Å². The molecule has 1 aliphatic rings. The molecular weight excluding hydrogens is 315 g/mol. The molecule has 0 aromatic heterocycles. The van der Waals surface area contributed by atoms with Crippen molar-refractivity contribution < 1.29 is 32.6 Å². The van der Waals surface area contributed by atoms with Crippen molar-refractivity contribution in [2.75, 3.05) is 13.1 Å². The number of aliphatic carboxylic acids is 1. The van der Waals surface area contributed by atoms with Gasteiger partial charge in [0, 0.05) is 19.5 Å². The number of nitrogens with one attached hydrogen (secondary N) is 1. The van der Waals surface area contributed by atoms with Gasteiger partial charge in [0.1, 0.15) is 0 Å². The molecule has 1 saturated heterocycles. The first-order valence-electron chi connectivity index (χ1n) is 6.99. The maximum absolute atomic E-state index is 11.6. The first-order valence-corrected chi connectivity index (χ1v) is 6.99. The van der Waals surface area contributed by atoms with Crippen molar-refractivity contribution in [1.82, 2.24) is 5.32 Å². The number of rotatable bonds is 4. The van der Waals surface area contributed by atoms with Gasteiger partial charge in [0.15, 0.2) is 5.60 Å². The van der Waals surface area contributed by atoms with E-state index in [0.717, 1.165) is 12.0 Å². The standard InChI is InChI=1S/C13H17NO2.C2HF3O2/c1-2-6-12(15)16-13(9-14-10-13)11-7-4-3-5-8-11;3-2(4,5)1(6)7/h3-5,7-8,14H,2,6,9-10H2,1H3;(H,6,7). The largest absolute Gasteiger partial charge is 0.490 e. The summed E-state index contributed by atoms with van der Waals surface area (Å²) in [4.78, 5) is 20.5. The summed E-state index contributed by atoms with van der Waals surface area (Å²) in [7, 11) is 0. The fraction of sp³-hybridized carbons (Fsp3) is 0.467. The van der Waals surface area contributed by atoms with Crippen LogP contribution >= 0.6 is 0 Å². The molecule has 2 N–H and O–H groups in total. The van der Waals surface area contributed by atoms with Crippen LogP contribution < -0.4 is 5.32 Å².